The number of hydrogen-bond donors (Lipinski definition) is 1. The number of nitrogens with zero attached hydrogens (tertiary/aromatic N) is 2. The van der Waals surface area contributed by atoms with Gasteiger partial charge >= 0.3 is 0 Å². The molecule has 76 valence electrons. The van der Waals surface area contributed by atoms with E-state index in [0.717, 1.165) is 0 Å². The average Bonchev–Trinajstić information content (AvgIpc) is 2.66. The lowest BCUT2D eigenvalue weighted by molar-refractivity contribution is 0.0988. The van der Waals surface area contributed by atoms with Crippen LogP contribution in [0.2, 0.25) is 0 Å². The first-order valence-electron chi connectivity index (χ1n) is 4.40. The van der Waals surface area contributed by atoms with Gasteiger partial charge in [0.2, 0.25) is 5.76 Å². The Labute approximate surface area is 86.1 Å². The molecule has 0 radical (unpaired) electrons. The van der Waals surface area contributed by atoms with Crippen molar-refractivity contribution in [1.82, 2.24) is 10.1 Å². The minimum atomic E-state index is -0.318. The Morgan fingerprint density at radius 3 is 2.73 bits per heavy atom. The lowest BCUT2D eigenvalue weighted by Gasteiger charge is -2.00. The highest BCUT2D eigenvalue weighted by Crippen LogP contribution is 2.08. The number of aromatic nitrogens is 2. The van der Waals surface area contributed by atoms with Crippen molar-refractivity contribution >= 4 is 11.6 Å². The van der Waals surface area contributed by atoms with Crippen LogP contribution in [0.4, 0.5) is 5.69 Å². The van der Waals surface area contributed by atoms with Crippen LogP contribution in [0.25, 0.3) is 0 Å². The molecule has 1 N–H and O–H groups in total. The summed E-state index contributed by atoms with van der Waals surface area (Å²) in [5.74, 6) is -0.119. The minimum absolute atomic E-state index is 0.198. The fourth-order valence-corrected chi connectivity index (χ4v) is 1.10. The van der Waals surface area contributed by atoms with E-state index in [0.29, 0.717) is 11.4 Å². The first kappa shape index (κ1) is 9.39. The van der Waals surface area contributed by atoms with Gasteiger partial charge in [0, 0.05) is 24.1 Å². The molecule has 0 unspecified atom stereocenters. The Hall–Kier alpha value is -2.17. The number of anilines is 1. The van der Waals surface area contributed by atoms with E-state index in [2.05, 4.69) is 15.5 Å². The van der Waals surface area contributed by atoms with Crippen molar-refractivity contribution in [1.29, 1.82) is 0 Å². The largest absolute Gasteiger partial charge is 0.351 e. The normalized spacial score (nSPS) is 9.93. The van der Waals surface area contributed by atoms with E-state index >= 15 is 0 Å². The molecule has 0 aromatic carbocycles. The molecule has 0 spiro atoms. The van der Waals surface area contributed by atoms with E-state index < -0.39 is 0 Å². The van der Waals surface area contributed by atoms with Gasteiger partial charge in [-0.05, 0) is 19.1 Å². The van der Waals surface area contributed by atoms with Gasteiger partial charge in [0.25, 0.3) is 5.91 Å². The first-order chi connectivity index (χ1) is 7.25. The molecular weight excluding hydrogens is 194 g/mol. The zero-order valence-electron chi connectivity index (χ0n) is 8.10. The van der Waals surface area contributed by atoms with Crippen molar-refractivity contribution in [3.8, 4) is 0 Å². The number of rotatable bonds is 2. The number of aryl methyl sites for hydroxylation is 1. The summed E-state index contributed by atoms with van der Waals surface area (Å²) in [6.45, 7) is 1.76. The maximum Gasteiger partial charge on any atom is 0.294 e. The van der Waals surface area contributed by atoms with Crippen LogP contribution in [-0.2, 0) is 0 Å². The van der Waals surface area contributed by atoms with Crippen molar-refractivity contribution in [2.45, 2.75) is 6.92 Å². The van der Waals surface area contributed by atoms with Gasteiger partial charge in [0.05, 0.1) is 5.69 Å². The van der Waals surface area contributed by atoms with Gasteiger partial charge in [0.15, 0.2) is 0 Å². The predicted octanol–water partition coefficient (Wildman–Crippen LogP) is 1.63. The molecule has 0 saturated heterocycles. The lowest BCUT2D eigenvalue weighted by atomic mass is 10.3. The molecule has 15 heavy (non-hydrogen) atoms. The molecule has 1 amide bonds. The highest BCUT2D eigenvalue weighted by Gasteiger charge is 2.11. The van der Waals surface area contributed by atoms with E-state index in [-0.39, 0.29) is 11.7 Å². The van der Waals surface area contributed by atoms with Crippen LogP contribution in [0.15, 0.2) is 35.1 Å². The second-order valence-corrected chi connectivity index (χ2v) is 3.02. The molecular formula is C10H9N3O2. The van der Waals surface area contributed by atoms with E-state index in [9.17, 15) is 4.79 Å². The van der Waals surface area contributed by atoms with Crippen molar-refractivity contribution < 1.29 is 9.32 Å². The number of hydrogen-bond acceptors (Lipinski definition) is 4. The molecule has 5 nitrogen and oxygen atoms in total. The monoisotopic (exact) mass is 203 g/mol. The van der Waals surface area contributed by atoms with Crippen LogP contribution < -0.4 is 5.32 Å². The first-order valence-corrected chi connectivity index (χ1v) is 4.40. The topological polar surface area (TPSA) is 68.0 Å². The number of pyridine rings is 1. The van der Waals surface area contributed by atoms with Gasteiger partial charge in [0.1, 0.15) is 0 Å². The molecule has 2 aromatic heterocycles. The fraction of sp³-hybridized carbons (Fsp3) is 0.100. The molecule has 2 aromatic rings. The van der Waals surface area contributed by atoms with Crippen molar-refractivity contribution in [2.24, 2.45) is 0 Å². The molecule has 0 aliphatic carbocycles. The summed E-state index contributed by atoms with van der Waals surface area (Å²) in [7, 11) is 0. The molecule has 0 atom stereocenters. The summed E-state index contributed by atoms with van der Waals surface area (Å²) in [4.78, 5) is 15.4. The Morgan fingerprint density at radius 2 is 2.13 bits per heavy atom. The molecule has 0 bridgehead atoms. The van der Waals surface area contributed by atoms with Crippen LogP contribution >= 0.6 is 0 Å². The second-order valence-electron chi connectivity index (χ2n) is 3.02. The number of carbonyl (C=O) groups is 1. The van der Waals surface area contributed by atoms with E-state index in [1.807, 2.05) is 0 Å². The van der Waals surface area contributed by atoms with Crippen molar-refractivity contribution in [2.75, 3.05) is 5.32 Å². The van der Waals surface area contributed by atoms with Gasteiger partial charge in [-0.3, -0.25) is 9.78 Å². The van der Waals surface area contributed by atoms with Crippen LogP contribution in [0, 0.1) is 6.92 Å². The summed E-state index contributed by atoms with van der Waals surface area (Å²) < 4.78 is 4.82. The van der Waals surface area contributed by atoms with Gasteiger partial charge in [-0.15, -0.1) is 0 Å². The molecule has 0 fully saturated rings. The van der Waals surface area contributed by atoms with Gasteiger partial charge < -0.3 is 9.84 Å². The van der Waals surface area contributed by atoms with Crippen LogP contribution in [0.5, 0.6) is 0 Å². The third kappa shape index (κ3) is 2.19. The molecule has 2 heterocycles. The average molecular weight is 203 g/mol. The third-order valence-electron chi connectivity index (χ3n) is 1.79. The number of amides is 1. The number of carbonyl (C=O) groups excluding carboxylic acids is 1. The zero-order valence-corrected chi connectivity index (χ0v) is 8.10. The Bertz CT molecular complexity index is 465. The quantitative estimate of drug-likeness (QED) is 0.805. The highest BCUT2D eigenvalue weighted by molar-refractivity contribution is 6.02. The maximum absolute atomic E-state index is 11.6. The van der Waals surface area contributed by atoms with E-state index in [1.54, 1.807) is 37.5 Å². The van der Waals surface area contributed by atoms with E-state index in [4.69, 9.17) is 4.52 Å². The van der Waals surface area contributed by atoms with Crippen LogP contribution in [-0.4, -0.2) is 16.0 Å². The minimum Gasteiger partial charge on any atom is -0.351 e. The van der Waals surface area contributed by atoms with Gasteiger partial charge in [-0.2, -0.15) is 0 Å². The predicted molar refractivity (Wildman–Crippen MR) is 53.4 cm³/mol. The Kier molecular flexibility index (Phi) is 2.45. The fourth-order valence-electron chi connectivity index (χ4n) is 1.10. The lowest BCUT2D eigenvalue weighted by Crippen LogP contribution is -2.10. The summed E-state index contributed by atoms with van der Waals surface area (Å²) in [5.41, 5.74) is 1.35. The SMILES string of the molecule is Cc1cc(C(=O)Nc2ccncc2)on1. The molecule has 0 aliphatic heterocycles. The molecule has 5 heteroatoms. The summed E-state index contributed by atoms with van der Waals surface area (Å²) >= 11 is 0. The zero-order chi connectivity index (χ0) is 10.7. The van der Waals surface area contributed by atoms with E-state index in [1.165, 1.54) is 0 Å². The summed E-state index contributed by atoms with van der Waals surface area (Å²) in [6.07, 6.45) is 3.20. The Morgan fingerprint density at radius 1 is 1.40 bits per heavy atom. The third-order valence-corrected chi connectivity index (χ3v) is 1.79. The highest BCUT2D eigenvalue weighted by atomic mass is 16.5. The molecule has 2 rings (SSSR count). The smallest absolute Gasteiger partial charge is 0.294 e. The van der Waals surface area contributed by atoms with Crippen LogP contribution in [0.1, 0.15) is 16.2 Å². The number of nitrogens with one attached hydrogen (secondary N) is 1. The second kappa shape index (κ2) is 3.91. The van der Waals surface area contributed by atoms with Crippen molar-refractivity contribution in [3.63, 3.8) is 0 Å². The van der Waals surface area contributed by atoms with Gasteiger partial charge in [-0.1, -0.05) is 5.16 Å². The maximum atomic E-state index is 11.6. The standard InChI is InChI=1S/C10H9N3O2/c1-7-6-9(15-13-7)10(14)12-8-2-4-11-5-3-8/h2-6H,1H3,(H,11,12,14). The summed E-state index contributed by atoms with van der Waals surface area (Å²) in [6, 6.07) is 4.97. The summed E-state index contributed by atoms with van der Waals surface area (Å²) in [5, 5.41) is 6.29. The van der Waals surface area contributed by atoms with Crippen LogP contribution in [0.3, 0.4) is 0 Å². The molecule has 0 aliphatic rings. The van der Waals surface area contributed by atoms with Crippen molar-refractivity contribution in [3.05, 3.63) is 42.0 Å². The Balaban J connectivity index is 2.11. The molecule has 0 saturated carbocycles. The van der Waals surface area contributed by atoms with Gasteiger partial charge in [-0.25, -0.2) is 0 Å².